The zero-order chi connectivity index (χ0) is 14.9. The molecule has 0 bridgehead atoms. The van der Waals surface area contributed by atoms with E-state index in [4.69, 9.17) is 4.74 Å². The Kier molecular flexibility index (Phi) is 4.48. The van der Waals surface area contributed by atoms with Gasteiger partial charge in [0.15, 0.2) is 0 Å². The Bertz CT molecular complexity index is 351. The Balaban J connectivity index is 1.51. The minimum atomic E-state index is -4.22. The molecule has 3 fully saturated rings. The van der Waals surface area contributed by atoms with E-state index in [2.05, 4.69) is 10.2 Å². The molecule has 1 unspecified atom stereocenters. The van der Waals surface area contributed by atoms with Crippen LogP contribution in [0.1, 0.15) is 38.5 Å². The first kappa shape index (κ1) is 15.6. The van der Waals surface area contributed by atoms with Gasteiger partial charge in [-0.15, -0.1) is 0 Å². The molecule has 0 aromatic rings. The summed E-state index contributed by atoms with van der Waals surface area (Å²) < 4.78 is 41.2. The van der Waals surface area contributed by atoms with Gasteiger partial charge in [0, 0.05) is 31.2 Å². The molecule has 1 saturated heterocycles. The molecule has 2 saturated carbocycles. The van der Waals surface area contributed by atoms with Gasteiger partial charge in [0.2, 0.25) is 0 Å². The topological polar surface area (TPSA) is 24.5 Å². The lowest BCUT2D eigenvalue weighted by Crippen LogP contribution is -2.64. The lowest BCUT2D eigenvalue weighted by Gasteiger charge is -2.46. The van der Waals surface area contributed by atoms with Gasteiger partial charge in [0.05, 0.1) is 6.61 Å². The molecule has 1 spiro atoms. The molecule has 1 heterocycles. The lowest BCUT2D eigenvalue weighted by molar-refractivity contribution is -0.175. The van der Waals surface area contributed by atoms with Crippen molar-refractivity contribution in [3.05, 3.63) is 0 Å². The highest BCUT2D eigenvalue weighted by molar-refractivity contribution is 5.04. The smallest absolute Gasteiger partial charge is 0.371 e. The molecule has 1 aliphatic heterocycles. The van der Waals surface area contributed by atoms with Gasteiger partial charge in [-0.25, -0.2) is 0 Å². The van der Waals surface area contributed by atoms with E-state index in [1.165, 1.54) is 38.5 Å². The molecule has 0 aromatic heterocycles. The predicted molar refractivity (Wildman–Crippen MR) is 74.2 cm³/mol. The van der Waals surface area contributed by atoms with Crippen LogP contribution in [0.15, 0.2) is 0 Å². The molecule has 3 aliphatic rings. The van der Waals surface area contributed by atoms with Crippen LogP contribution in [-0.4, -0.2) is 55.5 Å². The van der Waals surface area contributed by atoms with E-state index in [1.807, 2.05) is 0 Å². The van der Waals surface area contributed by atoms with Crippen LogP contribution >= 0.6 is 0 Å². The second kappa shape index (κ2) is 6.05. The normalized spacial score (nSPS) is 30.1. The van der Waals surface area contributed by atoms with Crippen LogP contribution in [0, 0.1) is 5.92 Å². The number of hydrogen-bond acceptors (Lipinski definition) is 3. The van der Waals surface area contributed by atoms with E-state index >= 15 is 0 Å². The Labute approximate surface area is 124 Å². The quantitative estimate of drug-likeness (QED) is 0.790. The summed E-state index contributed by atoms with van der Waals surface area (Å²) in [6, 6.07) is 0.491. The molecule has 3 nitrogen and oxygen atoms in total. The fourth-order valence-electron chi connectivity index (χ4n) is 3.96. The Hall–Kier alpha value is -0.330. The van der Waals surface area contributed by atoms with Crippen LogP contribution < -0.4 is 5.32 Å². The number of alkyl halides is 3. The number of rotatable bonds is 5. The highest BCUT2D eigenvalue weighted by Gasteiger charge is 2.45. The Morgan fingerprint density at radius 1 is 1.19 bits per heavy atom. The average molecular weight is 306 g/mol. The van der Waals surface area contributed by atoms with Crippen molar-refractivity contribution in [3.63, 3.8) is 0 Å². The molecule has 6 heteroatoms. The number of ether oxygens (including phenoxy) is 1. The van der Waals surface area contributed by atoms with Crippen LogP contribution in [0.2, 0.25) is 0 Å². The van der Waals surface area contributed by atoms with E-state index in [0.717, 1.165) is 19.0 Å². The molecule has 0 radical (unpaired) electrons. The zero-order valence-corrected chi connectivity index (χ0v) is 12.4. The van der Waals surface area contributed by atoms with Gasteiger partial charge in [-0.05, 0) is 31.6 Å². The molecule has 0 aromatic carbocycles. The maximum Gasteiger partial charge on any atom is 0.411 e. The number of piperazine rings is 1. The summed E-state index contributed by atoms with van der Waals surface area (Å²) in [5, 5.41) is 3.75. The summed E-state index contributed by atoms with van der Waals surface area (Å²) >= 11 is 0. The molecular formula is C15H25F3N2O. The molecule has 3 rings (SSSR count). The Morgan fingerprint density at radius 2 is 1.90 bits per heavy atom. The van der Waals surface area contributed by atoms with Crippen LogP contribution in [-0.2, 0) is 4.74 Å². The van der Waals surface area contributed by atoms with E-state index < -0.39 is 12.8 Å². The van der Waals surface area contributed by atoms with Crippen LogP contribution in [0.4, 0.5) is 13.2 Å². The predicted octanol–water partition coefficient (Wildman–Crippen LogP) is 2.56. The molecule has 0 amide bonds. The van der Waals surface area contributed by atoms with Gasteiger partial charge in [0.1, 0.15) is 6.61 Å². The van der Waals surface area contributed by atoms with Crippen molar-refractivity contribution in [2.45, 2.75) is 56.3 Å². The molecule has 2 aliphatic carbocycles. The van der Waals surface area contributed by atoms with E-state index in [0.29, 0.717) is 12.6 Å². The monoisotopic (exact) mass is 306 g/mol. The van der Waals surface area contributed by atoms with Crippen molar-refractivity contribution in [1.82, 2.24) is 10.2 Å². The van der Waals surface area contributed by atoms with Crippen molar-refractivity contribution >= 4 is 0 Å². The first-order valence-electron chi connectivity index (χ1n) is 8.11. The summed E-state index contributed by atoms with van der Waals surface area (Å²) in [6.07, 6.45) is 3.23. The molecule has 1 atom stereocenters. The minimum Gasteiger partial charge on any atom is -0.371 e. The van der Waals surface area contributed by atoms with Crippen molar-refractivity contribution in [2.75, 3.05) is 32.8 Å². The number of nitrogens with one attached hydrogen (secondary N) is 1. The van der Waals surface area contributed by atoms with Crippen LogP contribution in [0.25, 0.3) is 0 Å². The van der Waals surface area contributed by atoms with Crippen LogP contribution in [0.3, 0.4) is 0 Å². The maximum absolute atomic E-state index is 12.1. The van der Waals surface area contributed by atoms with E-state index in [-0.39, 0.29) is 12.1 Å². The van der Waals surface area contributed by atoms with Crippen LogP contribution in [0.5, 0.6) is 0 Å². The van der Waals surface area contributed by atoms with Gasteiger partial charge in [0.25, 0.3) is 0 Å². The molecular weight excluding hydrogens is 281 g/mol. The number of nitrogens with zero attached hydrogens (tertiary/aromatic N) is 1. The van der Waals surface area contributed by atoms with Crippen molar-refractivity contribution in [2.24, 2.45) is 5.92 Å². The van der Waals surface area contributed by atoms with Crippen molar-refractivity contribution in [1.29, 1.82) is 0 Å². The third-order valence-electron chi connectivity index (χ3n) is 5.18. The zero-order valence-electron chi connectivity index (χ0n) is 12.4. The summed E-state index contributed by atoms with van der Waals surface area (Å²) in [6.45, 7) is 1.64. The fourth-order valence-corrected chi connectivity index (χ4v) is 3.96. The Morgan fingerprint density at radius 3 is 2.52 bits per heavy atom. The van der Waals surface area contributed by atoms with Crippen molar-refractivity contribution < 1.29 is 17.9 Å². The SMILES string of the molecule is FC(F)(F)COCCN1CC2(CCCC2)NCC1C1CC1. The summed E-state index contributed by atoms with van der Waals surface area (Å²) in [5.41, 5.74) is 0.218. The van der Waals surface area contributed by atoms with Gasteiger partial charge in [-0.2, -0.15) is 13.2 Å². The van der Waals surface area contributed by atoms with Gasteiger partial charge >= 0.3 is 6.18 Å². The third-order valence-corrected chi connectivity index (χ3v) is 5.18. The second-order valence-corrected chi connectivity index (χ2v) is 6.91. The number of halogens is 3. The third kappa shape index (κ3) is 4.11. The minimum absolute atomic E-state index is 0.179. The number of hydrogen-bond donors (Lipinski definition) is 1. The van der Waals surface area contributed by atoms with Gasteiger partial charge in [-0.3, -0.25) is 4.90 Å². The lowest BCUT2D eigenvalue weighted by atomic mass is 9.91. The fraction of sp³-hybridized carbons (Fsp3) is 1.00. The first-order chi connectivity index (χ1) is 9.98. The average Bonchev–Trinajstić information content (AvgIpc) is 3.16. The maximum atomic E-state index is 12.1. The highest BCUT2D eigenvalue weighted by atomic mass is 19.4. The first-order valence-corrected chi connectivity index (χ1v) is 8.11. The highest BCUT2D eigenvalue weighted by Crippen LogP contribution is 2.40. The van der Waals surface area contributed by atoms with Gasteiger partial charge in [-0.1, -0.05) is 12.8 Å². The van der Waals surface area contributed by atoms with E-state index in [9.17, 15) is 13.2 Å². The molecule has 1 N–H and O–H groups in total. The summed E-state index contributed by atoms with van der Waals surface area (Å²) in [4.78, 5) is 2.40. The molecule has 122 valence electrons. The van der Waals surface area contributed by atoms with Crippen molar-refractivity contribution in [3.8, 4) is 0 Å². The molecule has 21 heavy (non-hydrogen) atoms. The summed E-state index contributed by atoms with van der Waals surface area (Å²) in [5.74, 6) is 0.735. The standard InChI is InChI=1S/C15H25F3N2O/c16-15(17,18)11-21-8-7-20-10-14(5-1-2-6-14)19-9-13(20)12-3-4-12/h12-13,19H,1-11H2. The summed E-state index contributed by atoms with van der Waals surface area (Å²) in [7, 11) is 0. The largest absolute Gasteiger partial charge is 0.411 e. The second-order valence-electron chi connectivity index (χ2n) is 6.91. The van der Waals surface area contributed by atoms with E-state index in [1.54, 1.807) is 0 Å². The van der Waals surface area contributed by atoms with Gasteiger partial charge < -0.3 is 10.1 Å².